The van der Waals surface area contributed by atoms with Crippen LogP contribution < -0.4 is 5.32 Å². The number of ether oxygens (including phenoxy) is 1. The molecule has 0 atom stereocenters. The molecule has 74 valence electrons. The van der Waals surface area contributed by atoms with Crippen molar-refractivity contribution in [1.82, 2.24) is 5.32 Å². The van der Waals surface area contributed by atoms with Crippen molar-refractivity contribution in [2.45, 2.75) is 26.4 Å². The predicted molar refractivity (Wildman–Crippen MR) is 57.6 cm³/mol. The first kappa shape index (κ1) is 16.2. The summed E-state index contributed by atoms with van der Waals surface area (Å²) in [5.41, 5.74) is -0.341. The van der Waals surface area contributed by atoms with Gasteiger partial charge in [-0.25, -0.2) is 0 Å². The van der Waals surface area contributed by atoms with Crippen LogP contribution >= 0.6 is 24.0 Å². The minimum absolute atomic E-state index is 0. The Balaban J connectivity index is 0. The molecule has 1 aliphatic heterocycles. The summed E-state index contributed by atoms with van der Waals surface area (Å²) in [6, 6.07) is 0. The van der Waals surface area contributed by atoms with E-state index in [1.54, 1.807) is 0 Å². The second-order valence-electron chi connectivity index (χ2n) is 3.89. The monoisotopic (exact) mass is 349 g/mol. The number of hydrogen-bond acceptors (Lipinski definition) is 3. The van der Waals surface area contributed by atoms with Gasteiger partial charge in [0, 0.05) is 32.6 Å². The van der Waals surface area contributed by atoms with Gasteiger partial charge in [-0.1, -0.05) is 0 Å². The number of esters is 1. The summed E-state index contributed by atoms with van der Waals surface area (Å²) in [6.45, 7) is 7.20. The van der Waals surface area contributed by atoms with Crippen molar-refractivity contribution in [2.75, 3.05) is 13.1 Å². The number of carbonyl (C=O) groups is 1. The predicted octanol–water partition coefficient (Wildman–Crippen LogP) is 1.16. The summed E-state index contributed by atoms with van der Waals surface area (Å²) in [4.78, 5) is 11.2. The molecule has 1 N–H and O–H groups in total. The van der Waals surface area contributed by atoms with Gasteiger partial charge in [-0.05, 0) is 20.8 Å². The van der Waals surface area contributed by atoms with E-state index in [9.17, 15) is 4.79 Å². The molecule has 13 heavy (non-hydrogen) atoms. The Bertz CT molecular complexity index is 166. The molecule has 0 unspecified atom stereocenters. The fourth-order valence-electron chi connectivity index (χ4n) is 0.840. The van der Waals surface area contributed by atoms with E-state index >= 15 is 0 Å². The molecule has 0 aromatic carbocycles. The fraction of sp³-hybridized carbons (Fsp3) is 0.875. The minimum Gasteiger partial charge on any atom is -0.460 e. The Morgan fingerprint density at radius 2 is 1.85 bits per heavy atom. The maximum atomic E-state index is 11.2. The average Bonchev–Trinajstić information content (AvgIpc) is 1.50. The van der Waals surface area contributed by atoms with Gasteiger partial charge >= 0.3 is 5.97 Å². The Hall–Kier alpha value is 0.783. The normalized spacial score (nSPS) is 16.2. The first-order chi connectivity index (χ1) is 4.99. The van der Waals surface area contributed by atoms with Gasteiger partial charge < -0.3 is 10.1 Å². The van der Waals surface area contributed by atoms with Crippen LogP contribution in [0.1, 0.15) is 20.8 Å². The van der Waals surface area contributed by atoms with Gasteiger partial charge in [0.1, 0.15) is 5.60 Å². The zero-order chi connectivity index (χ0) is 8.48. The molecular weight excluding hydrogens is 334 g/mol. The van der Waals surface area contributed by atoms with E-state index in [2.05, 4.69) is 5.32 Å². The van der Waals surface area contributed by atoms with E-state index in [4.69, 9.17) is 4.74 Å². The van der Waals surface area contributed by atoms with Crippen LogP contribution in [-0.2, 0) is 29.0 Å². The standard InChI is InChI=1S/C8H15NO2.HI.Zn/c1-8(2,3)11-7(10)6-4-9-5-6;;/h6,9H,4-5H2,1-3H3;1H;. The molecule has 1 aliphatic rings. The largest absolute Gasteiger partial charge is 0.460 e. The molecule has 1 heterocycles. The number of carbonyl (C=O) groups excluding carboxylic acids is 1. The first-order valence-electron chi connectivity index (χ1n) is 3.92. The molecular formula is C8H16INO2Zn. The van der Waals surface area contributed by atoms with Crippen molar-refractivity contribution in [3.63, 3.8) is 0 Å². The summed E-state index contributed by atoms with van der Waals surface area (Å²) < 4.78 is 5.16. The van der Waals surface area contributed by atoms with E-state index in [1.807, 2.05) is 20.8 Å². The van der Waals surface area contributed by atoms with Crippen molar-refractivity contribution in [2.24, 2.45) is 5.92 Å². The van der Waals surface area contributed by atoms with Crippen molar-refractivity contribution < 1.29 is 29.0 Å². The Morgan fingerprint density at radius 3 is 2.08 bits per heavy atom. The van der Waals surface area contributed by atoms with E-state index in [0.717, 1.165) is 13.1 Å². The molecule has 5 heteroatoms. The summed E-state index contributed by atoms with van der Waals surface area (Å²) in [7, 11) is 0. The van der Waals surface area contributed by atoms with E-state index in [0.29, 0.717) is 0 Å². The zero-order valence-electron chi connectivity index (χ0n) is 8.42. The average molecular weight is 351 g/mol. The summed E-state index contributed by atoms with van der Waals surface area (Å²) in [5, 5.41) is 3.03. The van der Waals surface area contributed by atoms with Gasteiger partial charge in [0.05, 0.1) is 5.92 Å². The molecule has 0 aromatic heterocycles. The van der Waals surface area contributed by atoms with Crippen LogP contribution in [-0.4, -0.2) is 24.7 Å². The third kappa shape index (κ3) is 5.97. The molecule has 0 aromatic rings. The van der Waals surface area contributed by atoms with Crippen molar-refractivity contribution >= 4 is 29.9 Å². The molecule has 1 fully saturated rings. The third-order valence-electron chi connectivity index (χ3n) is 1.52. The maximum absolute atomic E-state index is 11.2. The molecule has 3 nitrogen and oxygen atoms in total. The molecule has 1 saturated heterocycles. The minimum atomic E-state index is -0.341. The van der Waals surface area contributed by atoms with Crippen LogP contribution in [0.25, 0.3) is 0 Å². The number of rotatable bonds is 1. The topological polar surface area (TPSA) is 38.3 Å². The Kier molecular flexibility index (Phi) is 7.86. The summed E-state index contributed by atoms with van der Waals surface area (Å²) in [6.07, 6.45) is 0. The van der Waals surface area contributed by atoms with Gasteiger partial charge in [-0.3, -0.25) is 4.79 Å². The van der Waals surface area contributed by atoms with Crippen LogP contribution in [0.15, 0.2) is 0 Å². The molecule has 0 bridgehead atoms. The van der Waals surface area contributed by atoms with Crippen molar-refractivity contribution in [3.8, 4) is 0 Å². The van der Waals surface area contributed by atoms with Crippen LogP contribution in [0.4, 0.5) is 0 Å². The van der Waals surface area contributed by atoms with Crippen LogP contribution in [0, 0.1) is 5.92 Å². The molecule has 0 spiro atoms. The molecule has 0 aliphatic carbocycles. The number of hydrogen-bond donors (Lipinski definition) is 1. The molecule has 0 radical (unpaired) electrons. The Morgan fingerprint density at radius 1 is 1.38 bits per heavy atom. The quantitative estimate of drug-likeness (QED) is 0.438. The van der Waals surface area contributed by atoms with E-state index in [1.165, 1.54) is 0 Å². The van der Waals surface area contributed by atoms with Crippen LogP contribution in [0.2, 0.25) is 0 Å². The second kappa shape index (κ2) is 6.30. The van der Waals surface area contributed by atoms with Gasteiger partial charge in [-0.15, -0.1) is 24.0 Å². The van der Waals surface area contributed by atoms with Gasteiger partial charge in [0.25, 0.3) is 0 Å². The molecule has 0 amide bonds. The smallest absolute Gasteiger partial charge is 0.312 e. The van der Waals surface area contributed by atoms with Crippen LogP contribution in [0.3, 0.4) is 0 Å². The van der Waals surface area contributed by atoms with Gasteiger partial charge in [-0.2, -0.15) is 0 Å². The Labute approximate surface area is 109 Å². The fourth-order valence-corrected chi connectivity index (χ4v) is 0.840. The van der Waals surface area contributed by atoms with Crippen LogP contribution in [0.5, 0.6) is 0 Å². The third-order valence-corrected chi connectivity index (χ3v) is 1.52. The van der Waals surface area contributed by atoms with E-state index in [-0.39, 0.29) is 60.9 Å². The SMILES string of the molecule is CC(C)(C)OC(=O)C1CNC1.I.[Zn]. The van der Waals surface area contributed by atoms with Gasteiger partial charge in [0.15, 0.2) is 0 Å². The maximum Gasteiger partial charge on any atom is 0.312 e. The van der Waals surface area contributed by atoms with Crippen molar-refractivity contribution in [3.05, 3.63) is 0 Å². The first-order valence-corrected chi connectivity index (χ1v) is 3.92. The molecule has 0 saturated carbocycles. The zero-order valence-corrected chi connectivity index (χ0v) is 13.7. The van der Waals surface area contributed by atoms with E-state index < -0.39 is 0 Å². The molecule has 1 rings (SSSR count). The van der Waals surface area contributed by atoms with Gasteiger partial charge in [0.2, 0.25) is 0 Å². The van der Waals surface area contributed by atoms with Crippen molar-refractivity contribution in [1.29, 1.82) is 0 Å². The number of halogens is 1. The number of nitrogens with one attached hydrogen (secondary N) is 1. The second-order valence-corrected chi connectivity index (χ2v) is 3.89. The summed E-state index contributed by atoms with van der Waals surface area (Å²) in [5.74, 6) is 0.0190. The summed E-state index contributed by atoms with van der Waals surface area (Å²) >= 11 is 0.